The average Bonchev–Trinajstić information content (AvgIpc) is 3.25. The van der Waals surface area contributed by atoms with Crippen molar-refractivity contribution in [2.45, 2.75) is 33.4 Å². The smallest absolute Gasteiger partial charge is 0.337 e. The van der Waals surface area contributed by atoms with Crippen molar-refractivity contribution in [2.75, 3.05) is 6.54 Å². The van der Waals surface area contributed by atoms with Crippen LogP contribution >= 0.6 is 11.6 Å². The highest BCUT2D eigenvalue weighted by molar-refractivity contribution is 6.30. The molecule has 0 radical (unpaired) electrons. The third kappa shape index (κ3) is 4.38. The van der Waals surface area contributed by atoms with E-state index in [4.69, 9.17) is 11.6 Å². The highest BCUT2D eigenvalue weighted by Crippen LogP contribution is 2.25. The van der Waals surface area contributed by atoms with E-state index in [-0.39, 0.29) is 0 Å². The van der Waals surface area contributed by atoms with Crippen LogP contribution in [0.25, 0.3) is 10.9 Å². The zero-order valence-corrected chi connectivity index (χ0v) is 18.5. The molecule has 0 aliphatic heterocycles. The minimum absolute atomic E-state index is 0.388. The molecule has 0 saturated carbocycles. The van der Waals surface area contributed by atoms with Crippen molar-refractivity contribution < 1.29 is 9.90 Å². The number of benzene rings is 2. The molecule has 4 aromatic rings. The van der Waals surface area contributed by atoms with Crippen molar-refractivity contribution in [1.29, 1.82) is 0 Å². The van der Waals surface area contributed by atoms with Crippen LogP contribution in [-0.4, -0.2) is 27.2 Å². The molecule has 31 heavy (non-hydrogen) atoms. The summed E-state index contributed by atoms with van der Waals surface area (Å²) >= 11 is 6.13. The fraction of sp³-hybridized carbons (Fsp3) is 0.240. The van der Waals surface area contributed by atoms with E-state index >= 15 is 0 Å². The summed E-state index contributed by atoms with van der Waals surface area (Å²) < 4.78 is 2.06. The normalized spacial score (nSPS) is 11.3. The molecular formula is C25H26ClN3O2. The quantitative estimate of drug-likeness (QED) is 0.328. The lowest BCUT2D eigenvalue weighted by molar-refractivity contribution is 0.0694. The van der Waals surface area contributed by atoms with Crippen LogP contribution in [0.5, 0.6) is 0 Å². The van der Waals surface area contributed by atoms with Gasteiger partial charge in [0, 0.05) is 52.2 Å². The van der Waals surface area contributed by atoms with Crippen LogP contribution in [0.1, 0.15) is 38.4 Å². The molecule has 0 amide bonds. The number of carboxylic acid groups (broad SMARTS) is 1. The first-order chi connectivity index (χ1) is 15.0. The Balaban J connectivity index is 1.50. The molecule has 6 heteroatoms. The number of H-pyrrole nitrogens is 1. The minimum atomic E-state index is -0.890. The van der Waals surface area contributed by atoms with Crippen molar-refractivity contribution >= 4 is 28.5 Å². The van der Waals surface area contributed by atoms with E-state index in [1.165, 1.54) is 10.9 Å². The maximum atomic E-state index is 12.0. The van der Waals surface area contributed by atoms with Gasteiger partial charge in [-0.3, -0.25) is 0 Å². The maximum Gasteiger partial charge on any atom is 0.337 e. The summed E-state index contributed by atoms with van der Waals surface area (Å²) in [5, 5.41) is 15.2. The molecule has 4 rings (SSSR count). The Labute approximate surface area is 186 Å². The van der Waals surface area contributed by atoms with Crippen molar-refractivity contribution in [2.24, 2.45) is 0 Å². The first-order valence-electron chi connectivity index (χ1n) is 10.4. The molecule has 5 nitrogen and oxygen atoms in total. The molecule has 0 aliphatic rings. The van der Waals surface area contributed by atoms with Crippen LogP contribution in [0.3, 0.4) is 0 Å². The van der Waals surface area contributed by atoms with Crippen molar-refractivity contribution in [3.63, 3.8) is 0 Å². The fourth-order valence-corrected chi connectivity index (χ4v) is 4.49. The highest BCUT2D eigenvalue weighted by Gasteiger charge is 2.22. The number of carboxylic acids is 1. The Bertz CT molecular complexity index is 1240. The zero-order valence-electron chi connectivity index (χ0n) is 17.7. The van der Waals surface area contributed by atoms with Crippen molar-refractivity contribution in [1.82, 2.24) is 14.9 Å². The third-order valence-electron chi connectivity index (χ3n) is 5.90. The first kappa shape index (κ1) is 21.2. The van der Waals surface area contributed by atoms with Crippen LogP contribution in [-0.2, 0) is 19.5 Å². The molecule has 0 unspecified atom stereocenters. The number of nitrogens with one attached hydrogen (secondary N) is 2. The SMILES string of the molecule is Cc1c(CNCCc2c[nH]c3ccccc23)c(C(=O)O)c(C)n1Cc1cccc(Cl)c1. The van der Waals surface area contributed by atoms with Gasteiger partial charge in [0.1, 0.15) is 0 Å². The van der Waals surface area contributed by atoms with E-state index in [2.05, 4.69) is 27.0 Å². The first-order valence-corrected chi connectivity index (χ1v) is 10.8. The molecule has 3 N–H and O–H groups in total. The number of hydrogen-bond donors (Lipinski definition) is 3. The largest absolute Gasteiger partial charge is 0.478 e. The molecule has 160 valence electrons. The zero-order chi connectivity index (χ0) is 22.0. The number of halogens is 1. The van der Waals surface area contributed by atoms with E-state index in [1.54, 1.807) is 0 Å². The van der Waals surface area contributed by atoms with Crippen molar-refractivity contribution in [3.05, 3.63) is 93.4 Å². The summed E-state index contributed by atoms with van der Waals surface area (Å²) in [6.45, 7) is 5.73. The van der Waals surface area contributed by atoms with Gasteiger partial charge in [-0.2, -0.15) is 0 Å². The number of aromatic amines is 1. The molecule has 0 bridgehead atoms. The molecule has 0 fully saturated rings. The van der Waals surface area contributed by atoms with Gasteiger partial charge in [0.15, 0.2) is 0 Å². The van der Waals surface area contributed by atoms with Gasteiger partial charge >= 0.3 is 5.97 Å². The molecule has 0 aliphatic carbocycles. The van der Waals surface area contributed by atoms with Crippen LogP contribution in [0, 0.1) is 13.8 Å². The van der Waals surface area contributed by atoms with E-state index in [9.17, 15) is 9.90 Å². The van der Waals surface area contributed by atoms with E-state index in [0.29, 0.717) is 23.7 Å². The monoisotopic (exact) mass is 435 g/mol. The topological polar surface area (TPSA) is 70.1 Å². The van der Waals surface area contributed by atoms with E-state index in [1.807, 2.05) is 56.4 Å². The van der Waals surface area contributed by atoms with Crippen LogP contribution in [0.15, 0.2) is 54.7 Å². The predicted octanol–water partition coefficient (Wildman–Crippen LogP) is 5.32. The Morgan fingerprint density at radius 1 is 1.13 bits per heavy atom. The molecule has 2 aromatic heterocycles. The Hall–Kier alpha value is -3.02. The molecule has 2 heterocycles. The second-order valence-electron chi connectivity index (χ2n) is 7.83. The second-order valence-corrected chi connectivity index (χ2v) is 8.27. The van der Waals surface area contributed by atoms with E-state index in [0.717, 1.165) is 41.0 Å². The number of hydrogen-bond acceptors (Lipinski definition) is 2. The lowest BCUT2D eigenvalue weighted by atomic mass is 10.1. The number of aromatic carboxylic acids is 1. The Morgan fingerprint density at radius 3 is 2.71 bits per heavy atom. The van der Waals surface area contributed by atoms with Crippen molar-refractivity contribution in [3.8, 4) is 0 Å². The van der Waals surface area contributed by atoms with Gasteiger partial charge in [-0.05, 0) is 56.1 Å². The Morgan fingerprint density at radius 2 is 1.94 bits per heavy atom. The molecule has 0 saturated heterocycles. The second kappa shape index (κ2) is 9.00. The van der Waals surface area contributed by atoms with Gasteiger partial charge in [-0.15, -0.1) is 0 Å². The van der Waals surface area contributed by atoms with Gasteiger partial charge in [-0.25, -0.2) is 4.79 Å². The minimum Gasteiger partial charge on any atom is -0.478 e. The Kier molecular flexibility index (Phi) is 6.16. The standard InChI is InChI=1S/C25H26ClN3O2/c1-16-22(14-27-11-10-19-13-28-23-9-4-3-8-21(19)23)24(25(30)31)17(2)29(16)15-18-6-5-7-20(26)12-18/h3-9,12-13,27-28H,10-11,14-15H2,1-2H3,(H,30,31). The highest BCUT2D eigenvalue weighted by atomic mass is 35.5. The van der Waals surface area contributed by atoms with Gasteiger partial charge in [0.25, 0.3) is 0 Å². The third-order valence-corrected chi connectivity index (χ3v) is 6.14. The molecule has 2 aromatic carbocycles. The molecule has 0 atom stereocenters. The van der Waals surface area contributed by atoms with Gasteiger partial charge in [-0.1, -0.05) is 41.9 Å². The number of rotatable bonds is 8. The number of carbonyl (C=O) groups is 1. The van der Waals surface area contributed by atoms with Crippen LogP contribution in [0.2, 0.25) is 5.02 Å². The summed E-state index contributed by atoms with van der Waals surface area (Å²) in [7, 11) is 0. The predicted molar refractivity (Wildman–Crippen MR) is 125 cm³/mol. The summed E-state index contributed by atoms with van der Waals surface area (Å²) in [4.78, 5) is 15.3. The number of para-hydroxylation sites is 1. The van der Waals surface area contributed by atoms with Crippen LogP contribution < -0.4 is 5.32 Å². The summed E-state index contributed by atoms with van der Waals surface area (Å²) in [6, 6.07) is 15.9. The summed E-state index contributed by atoms with van der Waals surface area (Å²) in [6.07, 6.45) is 2.92. The van der Waals surface area contributed by atoms with Crippen LogP contribution in [0.4, 0.5) is 0 Å². The lowest BCUT2D eigenvalue weighted by Crippen LogP contribution is -2.18. The summed E-state index contributed by atoms with van der Waals surface area (Å²) in [5.74, 6) is -0.890. The number of nitrogens with zero attached hydrogens (tertiary/aromatic N) is 1. The summed E-state index contributed by atoms with van der Waals surface area (Å²) in [5.41, 5.74) is 6.39. The average molecular weight is 436 g/mol. The molecular weight excluding hydrogens is 410 g/mol. The van der Waals surface area contributed by atoms with Gasteiger partial charge in [0.05, 0.1) is 5.56 Å². The van der Waals surface area contributed by atoms with Gasteiger partial charge < -0.3 is 20.0 Å². The van der Waals surface area contributed by atoms with E-state index < -0.39 is 5.97 Å². The van der Waals surface area contributed by atoms with Gasteiger partial charge in [0.2, 0.25) is 0 Å². The fourth-order valence-electron chi connectivity index (χ4n) is 4.28. The molecule has 0 spiro atoms. The maximum absolute atomic E-state index is 12.0. The number of fused-ring (bicyclic) bond motifs is 1. The lowest BCUT2D eigenvalue weighted by Gasteiger charge is -2.11. The number of aromatic nitrogens is 2.